The number of thiophene rings is 1. The minimum atomic E-state index is 0.631. The molecule has 0 amide bonds. The van der Waals surface area contributed by atoms with E-state index in [4.69, 9.17) is 16.0 Å². The monoisotopic (exact) mass is 642 g/mol. The van der Waals surface area contributed by atoms with E-state index in [1.54, 1.807) is 0 Å². The molecule has 47 heavy (non-hydrogen) atoms. The summed E-state index contributed by atoms with van der Waals surface area (Å²) in [6, 6.07) is 56.8. The summed E-state index contributed by atoms with van der Waals surface area (Å²) < 4.78 is 9.02. The first-order valence-corrected chi connectivity index (χ1v) is 16.7. The predicted octanol–water partition coefficient (Wildman–Crippen LogP) is 13.5. The number of nitrogens with zero attached hydrogens (tertiary/aromatic N) is 2. The summed E-state index contributed by atoms with van der Waals surface area (Å²) in [6.07, 6.45) is 0. The Labute approximate surface area is 281 Å². The summed E-state index contributed by atoms with van der Waals surface area (Å²) in [7, 11) is 0. The third-order valence-electron chi connectivity index (χ3n) is 8.72. The lowest BCUT2D eigenvalue weighted by Gasteiger charge is -2.31. The van der Waals surface area contributed by atoms with Crippen molar-refractivity contribution in [3.8, 4) is 0 Å². The highest BCUT2D eigenvalue weighted by atomic mass is 35.5. The number of halogens is 1. The molecule has 0 spiro atoms. The third kappa shape index (κ3) is 4.57. The normalized spacial score (nSPS) is 11.5. The van der Waals surface area contributed by atoms with Crippen molar-refractivity contribution in [3.63, 3.8) is 0 Å². The fraction of sp³-hybridized carbons (Fsp3) is 0. The van der Waals surface area contributed by atoms with E-state index >= 15 is 0 Å². The Morgan fingerprint density at radius 1 is 0.426 bits per heavy atom. The first-order valence-electron chi connectivity index (χ1n) is 15.6. The minimum Gasteiger partial charge on any atom is -0.454 e. The van der Waals surface area contributed by atoms with E-state index in [1.165, 1.54) is 20.2 Å². The van der Waals surface area contributed by atoms with Crippen molar-refractivity contribution in [2.75, 3.05) is 9.80 Å². The van der Waals surface area contributed by atoms with Gasteiger partial charge in [-0.15, -0.1) is 11.3 Å². The van der Waals surface area contributed by atoms with E-state index in [0.717, 1.165) is 56.1 Å². The van der Waals surface area contributed by atoms with Crippen molar-refractivity contribution in [2.24, 2.45) is 0 Å². The minimum absolute atomic E-state index is 0.631. The predicted molar refractivity (Wildman–Crippen MR) is 201 cm³/mol. The Balaban J connectivity index is 1.30. The number of furan rings is 1. The molecule has 0 bridgehead atoms. The van der Waals surface area contributed by atoms with Crippen molar-refractivity contribution in [2.45, 2.75) is 0 Å². The van der Waals surface area contributed by atoms with Gasteiger partial charge in [-0.2, -0.15) is 0 Å². The van der Waals surface area contributed by atoms with Gasteiger partial charge in [0.1, 0.15) is 5.58 Å². The molecule has 0 aliphatic heterocycles. The molecule has 0 saturated heterocycles. The highest BCUT2D eigenvalue weighted by Crippen LogP contribution is 2.50. The smallest absolute Gasteiger partial charge is 0.159 e. The van der Waals surface area contributed by atoms with Gasteiger partial charge in [-0.05, 0) is 60.7 Å². The molecular weight excluding hydrogens is 616 g/mol. The van der Waals surface area contributed by atoms with Gasteiger partial charge in [0.25, 0.3) is 0 Å². The van der Waals surface area contributed by atoms with Crippen molar-refractivity contribution in [1.82, 2.24) is 0 Å². The molecule has 9 aromatic rings. The van der Waals surface area contributed by atoms with Gasteiger partial charge < -0.3 is 14.2 Å². The van der Waals surface area contributed by atoms with Crippen molar-refractivity contribution >= 4 is 99.2 Å². The van der Waals surface area contributed by atoms with Gasteiger partial charge in [-0.1, -0.05) is 115 Å². The summed E-state index contributed by atoms with van der Waals surface area (Å²) in [4.78, 5) is 4.49. The molecule has 0 radical (unpaired) electrons. The fourth-order valence-electron chi connectivity index (χ4n) is 6.64. The summed E-state index contributed by atoms with van der Waals surface area (Å²) >= 11 is 9.46. The number of para-hydroxylation sites is 4. The SMILES string of the molecule is Clc1c(N(c2ccccc2)c2cccc3c2oc2ccccc23)cccc1N(c1ccccc1)c1cccc2c1sc1ccccc12. The highest BCUT2D eigenvalue weighted by molar-refractivity contribution is 7.26. The molecule has 0 aliphatic carbocycles. The van der Waals surface area contributed by atoms with Crippen LogP contribution in [0.25, 0.3) is 42.1 Å². The highest BCUT2D eigenvalue weighted by Gasteiger charge is 2.25. The molecule has 0 N–H and O–H groups in total. The van der Waals surface area contributed by atoms with Crippen LogP contribution >= 0.6 is 22.9 Å². The van der Waals surface area contributed by atoms with Gasteiger partial charge in [0, 0.05) is 37.6 Å². The topological polar surface area (TPSA) is 19.6 Å². The summed E-state index contributed by atoms with van der Waals surface area (Å²) in [5, 5.41) is 5.28. The maximum Gasteiger partial charge on any atom is 0.159 e. The second-order valence-corrected chi connectivity index (χ2v) is 12.9. The van der Waals surface area contributed by atoms with Crippen LogP contribution in [-0.2, 0) is 0 Å². The Morgan fingerprint density at radius 2 is 0.936 bits per heavy atom. The first kappa shape index (κ1) is 27.7. The molecule has 9 rings (SSSR count). The molecule has 0 atom stereocenters. The zero-order chi connectivity index (χ0) is 31.3. The Kier molecular flexibility index (Phi) is 6.70. The van der Waals surface area contributed by atoms with Crippen LogP contribution in [0.2, 0.25) is 5.02 Å². The number of anilines is 6. The van der Waals surface area contributed by atoms with Crippen LogP contribution in [0.15, 0.2) is 168 Å². The zero-order valence-corrected chi connectivity index (χ0v) is 26.7. The van der Waals surface area contributed by atoms with E-state index in [-0.39, 0.29) is 0 Å². The molecule has 0 saturated carbocycles. The summed E-state index contributed by atoms with van der Waals surface area (Å²) in [5.74, 6) is 0. The van der Waals surface area contributed by atoms with Crippen LogP contribution in [0.3, 0.4) is 0 Å². The molecule has 2 heterocycles. The quantitative estimate of drug-likeness (QED) is 0.180. The first-order chi connectivity index (χ1) is 23.3. The van der Waals surface area contributed by atoms with Gasteiger partial charge in [-0.25, -0.2) is 0 Å². The Bertz CT molecular complexity index is 2380. The van der Waals surface area contributed by atoms with Crippen LogP contribution in [0.4, 0.5) is 34.1 Å². The largest absolute Gasteiger partial charge is 0.454 e. The summed E-state index contributed by atoms with van der Waals surface area (Å²) in [5.41, 5.74) is 7.43. The van der Waals surface area contributed by atoms with E-state index in [2.05, 4.69) is 149 Å². The van der Waals surface area contributed by atoms with Gasteiger partial charge in [0.05, 0.1) is 32.5 Å². The average molecular weight is 643 g/mol. The lowest BCUT2D eigenvalue weighted by Crippen LogP contribution is -2.14. The van der Waals surface area contributed by atoms with Crippen LogP contribution in [0, 0.1) is 0 Å². The number of benzene rings is 7. The van der Waals surface area contributed by atoms with Gasteiger partial charge >= 0.3 is 0 Å². The zero-order valence-electron chi connectivity index (χ0n) is 25.2. The third-order valence-corrected chi connectivity index (χ3v) is 10.3. The van der Waals surface area contributed by atoms with Crippen LogP contribution in [-0.4, -0.2) is 0 Å². The van der Waals surface area contributed by atoms with E-state index in [9.17, 15) is 0 Å². The Hall–Kier alpha value is -5.55. The average Bonchev–Trinajstić information content (AvgIpc) is 3.71. The van der Waals surface area contributed by atoms with Crippen LogP contribution in [0.5, 0.6) is 0 Å². The molecule has 2 aromatic heterocycles. The van der Waals surface area contributed by atoms with E-state index in [0.29, 0.717) is 5.02 Å². The van der Waals surface area contributed by atoms with Crippen LogP contribution in [0.1, 0.15) is 0 Å². The number of hydrogen-bond acceptors (Lipinski definition) is 4. The van der Waals surface area contributed by atoms with E-state index < -0.39 is 0 Å². The Morgan fingerprint density at radius 3 is 1.66 bits per heavy atom. The molecule has 0 aliphatic rings. The summed E-state index contributed by atoms with van der Waals surface area (Å²) in [6.45, 7) is 0. The van der Waals surface area contributed by atoms with Crippen LogP contribution < -0.4 is 9.80 Å². The molecule has 7 aromatic carbocycles. The number of hydrogen-bond donors (Lipinski definition) is 0. The number of rotatable bonds is 6. The lowest BCUT2D eigenvalue weighted by molar-refractivity contribution is 0.669. The van der Waals surface area contributed by atoms with Gasteiger partial charge in [-0.3, -0.25) is 0 Å². The van der Waals surface area contributed by atoms with Gasteiger partial charge in [0.15, 0.2) is 5.58 Å². The van der Waals surface area contributed by atoms with Crippen molar-refractivity contribution < 1.29 is 4.42 Å². The standard InChI is InChI=1S/C42H27ClN2OS/c43-40-34(44(28-14-3-1-4-15-28)36-24-11-20-32-30-18-7-9-26-38(30)46-41(32)36)22-13-23-35(40)45(29-16-5-2-6-17-29)37-25-12-21-33-31-19-8-10-27-39(31)47-42(33)37/h1-27H. The second-order valence-electron chi connectivity index (χ2n) is 11.5. The molecule has 0 unspecified atom stereocenters. The maximum absolute atomic E-state index is 7.65. The second kappa shape index (κ2) is 11.4. The number of fused-ring (bicyclic) bond motifs is 6. The lowest BCUT2D eigenvalue weighted by atomic mass is 10.1. The van der Waals surface area contributed by atoms with Crippen molar-refractivity contribution in [1.29, 1.82) is 0 Å². The maximum atomic E-state index is 7.65. The fourth-order valence-corrected chi connectivity index (χ4v) is 8.14. The van der Waals surface area contributed by atoms with E-state index in [1.807, 2.05) is 35.6 Å². The van der Waals surface area contributed by atoms with Gasteiger partial charge in [0.2, 0.25) is 0 Å². The molecule has 0 fully saturated rings. The molecular formula is C42H27ClN2OS. The molecule has 224 valence electrons. The van der Waals surface area contributed by atoms with Crippen molar-refractivity contribution in [3.05, 3.63) is 169 Å². The molecule has 5 heteroatoms. The molecule has 3 nitrogen and oxygen atoms in total.